The van der Waals surface area contributed by atoms with Crippen molar-refractivity contribution >= 4 is 17.5 Å². The molecule has 116 valence electrons. The number of hydrogen-bond acceptors (Lipinski definition) is 5. The third-order valence-corrected chi connectivity index (χ3v) is 4.82. The van der Waals surface area contributed by atoms with Crippen LogP contribution in [-0.2, 0) is 0 Å². The number of rotatable bonds is 5. The van der Waals surface area contributed by atoms with Gasteiger partial charge in [0.1, 0.15) is 0 Å². The van der Waals surface area contributed by atoms with Crippen LogP contribution < -0.4 is 9.64 Å². The minimum absolute atomic E-state index is 0.0205. The van der Waals surface area contributed by atoms with Gasteiger partial charge in [-0.1, -0.05) is 6.42 Å². The molecule has 1 aromatic heterocycles. The Morgan fingerprint density at radius 3 is 2.67 bits per heavy atom. The van der Waals surface area contributed by atoms with Crippen LogP contribution in [0.1, 0.15) is 39.5 Å². The highest BCUT2D eigenvalue weighted by Gasteiger charge is 2.39. The molecule has 0 spiro atoms. The fourth-order valence-electron chi connectivity index (χ4n) is 3.79. The van der Waals surface area contributed by atoms with Crippen LogP contribution >= 0.6 is 11.6 Å². The number of aromatic nitrogens is 3. The number of hydrogen-bond donors (Lipinski definition) is 0. The molecule has 5 nitrogen and oxygen atoms in total. The highest BCUT2D eigenvalue weighted by molar-refractivity contribution is 6.28. The summed E-state index contributed by atoms with van der Waals surface area (Å²) in [5, 5.41) is 0.190. The van der Waals surface area contributed by atoms with Gasteiger partial charge in [0.2, 0.25) is 11.2 Å². The van der Waals surface area contributed by atoms with Gasteiger partial charge in [-0.05, 0) is 62.5 Å². The van der Waals surface area contributed by atoms with Crippen LogP contribution in [0.4, 0.5) is 5.95 Å². The Labute approximate surface area is 131 Å². The Hall–Kier alpha value is -1.10. The molecule has 0 N–H and O–H groups in total. The average molecular weight is 311 g/mol. The van der Waals surface area contributed by atoms with Gasteiger partial charge in [-0.25, -0.2) is 0 Å². The molecule has 3 unspecified atom stereocenters. The first kappa shape index (κ1) is 14.8. The van der Waals surface area contributed by atoms with Crippen molar-refractivity contribution in [3.05, 3.63) is 5.28 Å². The predicted octanol–water partition coefficient (Wildman–Crippen LogP) is 3.18. The fraction of sp³-hybridized carbons (Fsp3) is 0.800. The van der Waals surface area contributed by atoms with Crippen molar-refractivity contribution < 1.29 is 4.74 Å². The lowest BCUT2D eigenvalue weighted by atomic mass is 9.88. The van der Waals surface area contributed by atoms with E-state index in [1.54, 1.807) is 0 Å². The Kier molecular flexibility index (Phi) is 4.20. The van der Waals surface area contributed by atoms with E-state index in [1.807, 2.05) is 20.9 Å². The summed E-state index contributed by atoms with van der Waals surface area (Å²) in [4.78, 5) is 14.7. The molecule has 3 atom stereocenters. The van der Waals surface area contributed by atoms with Crippen molar-refractivity contribution in [2.75, 3.05) is 18.5 Å². The minimum atomic E-state index is 0.0205. The zero-order chi connectivity index (χ0) is 15.0. The quantitative estimate of drug-likeness (QED) is 0.836. The van der Waals surface area contributed by atoms with Gasteiger partial charge >= 0.3 is 6.01 Å². The number of halogens is 1. The molecule has 6 heteroatoms. The van der Waals surface area contributed by atoms with Gasteiger partial charge in [0, 0.05) is 13.6 Å². The van der Waals surface area contributed by atoms with Crippen molar-refractivity contribution in [1.29, 1.82) is 0 Å². The van der Waals surface area contributed by atoms with Crippen molar-refractivity contribution in [2.24, 2.45) is 17.8 Å². The molecule has 0 radical (unpaired) electrons. The maximum atomic E-state index is 5.99. The first-order valence-electron chi connectivity index (χ1n) is 7.80. The minimum Gasteiger partial charge on any atom is -0.461 e. The van der Waals surface area contributed by atoms with Gasteiger partial charge in [0.05, 0.1) is 6.10 Å². The van der Waals surface area contributed by atoms with Crippen molar-refractivity contribution in [3.63, 3.8) is 0 Å². The van der Waals surface area contributed by atoms with Crippen LogP contribution in [0.5, 0.6) is 6.01 Å². The van der Waals surface area contributed by atoms with Crippen molar-refractivity contribution in [3.8, 4) is 6.01 Å². The van der Waals surface area contributed by atoms with Gasteiger partial charge in [-0.15, -0.1) is 0 Å². The van der Waals surface area contributed by atoms with Crippen LogP contribution in [0.15, 0.2) is 0 Å². The van der Waals surface area contributed by atoms with E-state index in [2.05, 4.69) is 19.9 Å². The van der Waals surface area contributed by atoms with E-state index in [1.165, 1.54) is 25.7 Å². The number of anilines is 1. The van der Waals surface area contributed by atoms with Crippen LogP contribution in [0.3, 0.4) is 0 Å². The topological polar surface area (TPSA) is 51.1 Å². The van der Waals surface area contributed by atoms with Crippen LogP contribution in [0, 0.1) is 17.8 Å². The standard InChI is InChI=1S/C15H23ClN4O/c1-9(2)21-15-18-13(16)17-14(19-15)20(3)8-12-7-10-4-5-11(12)6-10/h9-12H,4-8H2,1-3H3. The molecule has 2 saturated carbocycles. The molecule has 1 heterocycles. The molecule has 0 aromatic carbocycles. The highest BCUT2D eigenvalue weighted by Crippen LogP contribution is 2.48. The number of nitrogens with zero attached hydrogens (tertiary/aromatic N) is 4. The third-order valence-electron chi connectivity index (χ3n) is 4.65. The maximum Gasteiger partial charge on any atom is 0.322 e. The Morgan fingerprint density at radius 2 is 2.05 bits per heavy atom. The molecule has 2 aliphatic carbocycles. The molecule has 0 aliphatic heterocycles. The van der Waals surface area contributed by atoms with E-state index in [9.17, 15) is 0 Å². The molecule has 2 aliphatic rings. The average Bonchev–Trinajstić information content (AvgIpc) is 2.99. The van der Waals surface area contributed by atoms with Crippen LogP contribution in [0.25, 0.3) is 0 Å². The molecule has 1 aromatic rings. The summed E-state index contributed by atoms with van der Waals surface area (Å²) < 4.78 is 5.53. The summed E-state index contributed by atoms with van der Waals surface area (Å²) in [6.07, 6.45) is 5.60. The van der Waals surface area contributed by atoms with E-state index in [0.29, 0.717) is 12.0 Å². The van der Waals surface area contributed by atoms with E-state index >= 15 is 0 Å². The fourth-order valence-corrected chi connectivity index (χ4v) is 3.94. The lowest BCUT2D eigenvalue weighted by Gasteiger charge is -2.27. The van der Waals surface area contributed by atoms with Gasteiger partial charge in [0.15, 0.2) is 0 Å². The summed E-state index contributed by atoms with van der Waals surface area (Å²) in [6.45, 7) is 4.87. The Balaban J connectivity index is 1.69. The molecule has 21 heavy (non-hydrogen) atoms. The smallest absolute Gasteiger partial charge is 0.322 e. The van der Waals surface area contributed by atoms with Crippen LogP contribution in [-0.4, -0.2) is 34.6 Å². The van der Waals surface area contributed by atoms with Crippen LogP contribution in [0.2, 0.25) is 5.28 Å². The maximum absolute atomic E-state index is 5.99. The van der Waals surface area contributed by atoms with E-state index in [4.69, 9.17) is 16.3 Å². The zero-order valence-electron chi connectivity index (χ0n) is 12.9. The lowest BCUT2D eigenvalue weighted by molar-refractivity contribution is 0.221. The Morgan fingerprint density at radius 1 is 1.24 bits per heavy atom. The first-order valence-corrected chi connectivity index (χ1v) is 8.18. The van der Waals surface area contributed by atoms with Crippen molar-refractivity contribution in [1.82, 2.24) is 15.0 Å². The SMILES string of the molecule is CC(C)Oc1nc(Cl)nc(N(C)CC2CC3CCC2C3)n1. The molecule has 3 rings (SSSR count). The van der Waals surface area contributed by atoms with E-state index in [-0.39, 0.29) is 11.4 Å². The van der Waals surface area contributed by atoms with Gasteiger partial charge < -0.3 is 9.64 Å². The Bertz CT molecular complexity index is 510. The van der Waals surface area contributed by atoms with Crippen molar-refractivity contribution in [2.45, 2.75) is 45.6 Å². The van der Waals surface area contributed by atoms with E-state index in [0.717, 1.165) is 24.3 Å². The summed E-state index contributed by atoms with van der Waals surface area (Å²) in [5.41, 5.74) is 0. The second kappa shape index (κ2) is 5.95. The zero-order valence-corrected chi connectivity index (χ0v) is 13.7. The summed E-state index contributed by atoms with van der Waals surface area (Å²) in [7, 11) is 2.02. The molecule has 2 fully saturated rings. The van der Waals surface area contributed by atoms with Gasteiger partial charge in [0.25, 0.3) is 0 Å². The number of fused-ring (bicyclic) bond motifs is 2. The molecule has 0 amide bonds. The monoisotopic (exact) mass is 310 g/mol. The lowest BCUT2D eigenvalue weighted by Crippen LogP contribution is -2.30. The number of ether oxygens (including phenoxy) is 1. The molecular formula is C15H23ClN4O. The largest absolute Gasteiger partial charge is 0.461 e. The normalized spacial score (nSPS) is 27.4. The van der Waals surface area contributed by atoms with Gasteiger partial charge in [-0.2, -0.15) is 15.0 Å². The van der Waals surface area contributed by atoms with E-state index < -0.39 is 0 Å². The van der Waals surface area contributed by atoms with Gasteiger partial charge in [-0.3, -0.25) is 0 Å². The summed E-state index contributed by atoms with van der Waals surface area (Å²) in [6, 6.07) is 0.305. The third kappa shape index (κ3) is 3.39. The highest BCUT2D eigenvalue weighted by atomic mass is 35.5. The predicted molar refractivity (Wildman–Crippen MR) is 82.8 cm³/mol. The first-order chi connectivity index (χ1) is 10.0. The summed E-state index contributed by atoms with van der Waals surface area (Å²) in [5.74, 6) is 3.21. The molecule has 0 saturated heterocycles. The molecule has 2 bridgehead atoms. The summed E-state index contributed by atoms with van der Waals surface area (Å²) >= 11 is 5.99. The second-order valence-electron chi connectivity index (χ2n) is 6.67. The molecular weight excluding hydrogens is 288 g/mol. The second-order valence-corrected chi connectivity index (χ2v) is 7.01.